The van der Waals surface area contributed by atoms with Gasteiger partial charge in [0.2, 0.25) is 0 Å². The number of nitrogens with zero attached hydrogens (tertiary/aromatic N) is 2. The van der Waals surface area contributed by atoms with Gasteiger partial charge in [-0.25, -0.2) is 0 Å². The van der Waals surface area contributed by atoms with E-state index >= 15 is 0 Å². The van der Waals surface area contributed by atoms with Crippen LogP contribution in [0.25, 0.3) is 0 Å². The van der Waals surface area contributed by atoms with E-state index in [1.165, 1.54) is 5.69 Å². The first-order valence-corrected chi connectivity index (χ1v) is 9.74. The van der Waals surface area contributed by atoms with Crippen LogP contribution in [0.1, 0.15) is 0 Å². The minimum atomic E-state index is -0.163. The molecule has 0 atom stereocenters. The van der Waals surface area contributed by atoms with Gasteiger partial charge in [0.15, 0.2) is 6.61 Å². The highest BCUT2D eigenvalue weighted by molar-refractivity contribution is 6.35. The van der Waals surface area contributed by atoms with E-state index in [0.717, 1.165) is 32.7 Å². The summed E-state index contributed by atoms with van der Waals surface area (Å²) in [5.41, 5.74) is 1.27. The maximum atomic E-state index is 11.9. The molecule has 0 unspecified atom stereocenters. The summed E-state index contributed by atoms with van der Waals surface area (Å²) < 4.78 is 5.44. The van der Waals surface area contributed by atoms with E-state index < -0.39 is 0 Å². The number of rotatable bonds is 7. The van der Waals surface area contributed by atoms with Crippen molar-refractivity contribution in [2.75, 3.05) is 50.8 Å². The summed E-state index contributed by atoms with van der Waals surface area (Å²) in [5, 5.41) is 3.81. The lowest BCUT2D eigenvalue weighted by molar-refractivity contribution is -0.123. The average Bonchev–Trinajstić information content (AvgIpc) is 2.68. The maximum absolute atomic E-state index is 11.9. The molecule has 0 radical (unpaired) electrons. The Kier molecular flexibility index (Phi) is 7.21. The summed E-state index contributed by atoms with van der Waals surface area (Å²) >= 11 is 11.9. The number of halogens is 2. The van der Waals surface area contributed by atoms with E-state index in [4.69, 9.17) is 27.9 Å². The lowest BCUT2D eigenvalue weighted by atomic mass is 10.2. The van der Waals surface area contributed by atoms with Crippen LogP contribution in [0.4, 0.5) is 5.69 Å². The van der Waals surface area contributed by atoms with E-state index in [2.05, 4.69) is 39.4 Å². The molecule has 144 valence electrons. The van der Waals surface area contributed by atoms with Gasteiger partial charge in [-0.05, 0) is 30.3 Å². The Hall–Kier alpha value is -1.95. The van der Waals surface area contributed by atoms with Crippen LogP contribution >= 0.6 is 23.2 Å². The number of hydrogen-bond donors (Lipinski definition) is 1. The summed E-state index contributed by atoms with van der Waals surface area (Å²) in [6.45, 7) is 5.33. The van der Waals surface area contributed by atoms with Crippen molar-refractivity contribution in [3.05, 3.63) is 58.6 Å². The predicted molar refractivity (Wildman–Crippen MR) is 110 cm³/mol. The Morgan fingerprint density at radius 3 is 2.48 bits per heavy atom. The molecule has 2 aromatic rings. The molecule has 2 aromatic carbocycles. The van der Waals surface area contributed by atoms with Crippen molar-refractivity contribution in [2.24, 2.45) is 0 Å². The van der Waals surface area contributed by atoms with Gasteiger partial charge in [-0.1, -0.05) is 41.4 Å². The lowest BCUT2D eigenvalue weighted by Gasteiger charge is -2.36. The van der Waals surface area contributed by atoms with Crippen LogP contribution in [0.3, 0.4) is 0 Å². The topological polar surface area (TPSA) is 44.8 Å². The maximum Gasteiger partial charge on any atom is 0.257 e. The molecule has 0 bridgehead atoms. The van der Waals surface area contributed by atoms with Crippen LogP contribution in [0.15, 0.2) is 48.5 Å². The molecule has 1 N–H and O–H groups in total. The van der Waals surface area contributed by atoms with Crippen molar-refractivity contribution >= 4 is 34.8 Å². The third-order valence-electron chi connectivity index (χ3n) is 4.50. The summed E-state index contributed by atoms with van der Waals surface area (Å²) in [7, 11) is 0. The second-order valence-corrected chi connectivity index (χ2v) is 7.22. The number of carbonyl (C=O) groups excluding carboxylic acids is 1. The molecule has 1 amide bonds. The van der Waals surface area contributed by atoms with E-state index in [1.807, 2.05) is 6.07 Å². The van der Waals surface area contributed by atoms with Crippen molar-refractivity contribution in [1.82, 2.24) is 10.2 Å². The highest BCUT2D eigenvalue weighted by Crippen LogP contribution is 2.27. The van der Waals surface area contributed by atoms with Gasteiger partial charge < -0.3 is 15.0 Å². The fourth-order valence-electron chi connectivity index (χ4n) is 3.01. The summed E-state index contributed by atoms with van der Waals surface area (Å²) in [5.74, 6) is 0.289. The zero-order chi connectivity index (χ0) is 19.1. The number of nitrogens with one attached hydrogen (secondary N) is 1. The third kappa shape index (κ3) is 6.03. The van der Waals surface area contributed by atoms with Crippen molar-refractivity contribution in [3.8, 4) is 5.75 Å². The molecule has 0 aliphatic carbocycles. The van der Waals surface area contributed by atoms with Crippen molar-refractivity contribution < 1.29 is 9.53 Å². The van der Waals surface area contributed by atoms with Crippen LogP contribution in [0.2, 0.25) is 10.0 Å². The number of ether oxygens (including phenoxy) is 1. The zero-order valence-corrected chi connectivity index (χ0v) is 16.5. The van der Waals surface area contributed by atoms with Gasteiger partial charge in [0.05, 0.1) is 5.02 Å². The Bertz CT molecular complexity index is 750. The highest BCUT2D eigenvalue weighted by Gasteiger charge is 2.16. The molecule has 1 heterocycles. The number of amides is 1. The fraction of sp³-hybridized carbons (Fsp3) is 0.350. The fourth-order valence-corrected chi connectivity index (χ4v) is 3.47. The molecule has 5 nitrogen and oxygen atoms in total. The van der Waals surface area contributed by atoms with Gasteiger partial charge in [0.1, 0.15) is 5.75 Å². The molecule has 1 aliphatic rings. The Morgan fingerprint density at radius 2 is 1.78 bits per heavy atom. The molecule has 1 fully saturated rings. The number of piperazine rings is 1. The van der Waals surface area contributed by atoms with E-state index in [1.54, 1.807) is 18.2 Å². The SMILES string of the molecule is O=C(COc1ccc(Cl)cc1Cl)NCCN1CCN(c2ccccc2)CC1. The lowest BCUT2D eigenvalue weighted by Crippen LogP contribution is -2.48. The van der Waals surface area contributed by atoms with Gasteiger partial charge in [-0.2, -0.15) is 0 Å². The molecule has 1 aliphatic heterocycles. The van der Waals surface area contributed by atoms with E-state index in [-0.39, 0.29) is 12.5 Å². The number of carbonyl (C=O) groups is 1. The molecular formula is C20H23Cl2N3O2. The number of para-hydroxylation sites is 1. The van der Waals surface area contributed by atoms with Gasteiger partial charge >= 0.3 is 0 Å². The minimum Gasteiger partial charge on any atom is -0.482 e. The molecule has 0 spiro atoms. The third-order valence-corrected chi connectivity index (χ3v) is 5.03. The highest BCUT2D eigenvalue weighted by atomic mass is 35.5. The van der Waals surface area contributed by atoms with E-state index in [9.17, 15) is 4.79 Å². The standard InChI is InChI=1S/C20H23Cl2N3O2/c21-16-6-7-19(18(22)14-16)27-15-20(26)23-8-9-24-10-12-25(13-11-24)17-4-2-1-3-5-17/h1-7,14H,8-13,15H2,(H,23,26). The molecular weight excluding hydrogens is 385 g/mol. The normalized spacial score (nSPS) is 14.8. The van der Waals surface area contributed by atoms with Crippen molar-refractivity contribution in [2.45, 2.75) is 0 Å². The molecule has 7 heteroatoms. The smallest absolute Gasteiger partial charge is 0.257 e. The van der Waals surface area contributed by atoms with Gasteiger partial charge in [0, 0.05) is 50.0 Å². The first kappa shape index (κ1) is 19.8. The van der Waals surface area contributed by atoms with Gasteiger partial charge in [0.25, 0.3) is 5.91 Å². The second-order valence-electron chi connectivity index (χ2n) is 6.38. The molecule has 1 saturated heterocycles. The summed E-state index contributed by atoms with van der Waals surface area (Å²) in [6, 6.07) is 15.4. The molecule has 27 heavy (non-hydrogen) atoms. The summed E-state index contributed by atoms with van der Waals surface area (Å²) in [4.78, 5) is 16.7. The van der Waals surface area contributed by atoms with Crippen LogP contribution < -0.4 is 15.0 Å². The number of hydrogen-bond acceptors (Lipinski definition) is 4. The van der Waals surface area contributed by atoms with Gasteiger partial charge in [-0.15, -0.1) is 0 Å². The molecule has 0 aromatic heterocycles. The summed E-state index contributed by atoms with van der Waals surface area (Å²) in [6.07, 6.45) is 0. The van der Waals surface area contributed by atoms with Crippen LogP contribution in [-0.2, 0) is 4.79 Å². The molecule has 3 rings (SSSR count). The second kappa shape index (κ2) is 9.83. The monoisotopic (exact) mass is 407 g/mol. The number of anilines is 1. The van der Waals surface area contributed by atoms with Crippen LogP contribution in [0.5, 0.6) is 5.75 Å². The minimum absolute atomic E-state index is 0.0663. The van der Waals surface area contributed by atoms with E-state index in [0.29, 0.717) is 22.3 Å². The Morgan fingerprint density at radius 1 is 1.04 bits per heavy atom. The number of benzene rings is 2. The van der Waals surface area contributed by atoms with Crippen molar-refractivity contribution in [1.29, 1.82) is 0 Å². The Labute approximate surface area is 169 Å². The van der Waals surface area contributed by atoms with Crippen molar-refractivity contribution in [3.63, 3.8) is 0 Å². The van der Waals surface area contributed by atoms with Crippen LogP contribution in [-0.4, -0.2) is 56.7 Å². The average molecular weight is 408 g/mol. The molecule has 0 saturated carbocycles. The van der Waals surface area contributed by atoms with Gasteiger partial charge in [-0.3, -0.25) is 9.69 Å². The predicted octanol–water partition coefficient (Wildman–Crippen LogP) is 3.31. The quantitative estimate of drug-likeness (QED) is 0.764. The van der Waals surface area contributed by atoms with Crippen LogP contribution in [0, 0.1) is 0 Å². The first-order chi connectivity index (χ1) is 13.1. The first-order valence-electron chi connectivity index (χ1n) is 8.99. The zero-order valence-electron chi connectivity index (χ0n) is 15.0. The largest absolute Gasteiger partial charge is 0.482 e. The Balaban J connectivity index is 1.32.